The zero-order chi connectivity index (χ0) is 16.2. The van der Waals surface area contributed by atoms with Crippen molar-refractivity contribution in [2.24, 2.45) is 0 Å². The molecule has 1 atom stereocenters. The lowest BCUT2D eigenvalue weighted by Crippen LogP contribution is -2.36. The Hall–Kier alpha value is -1.65. The van der Waals surface area contributed by atoms with Gasteiger partial charge in [0.25, 0.3) is 0 Å². The Morgan fingerprint density at radius 1 is 1.26 bits per heavy atom. The molecular formula is C19H24N2OS. The van der Waals surface area contributed by atoms with E-state index in [2.05, 4.69) is 46.7 Å². The molecule has 0 bridgehead atoms. The van der Waals surface area contributed by atoms with Gasteiger partial charge >= 0.3 is 0 Å². The van der Waals surface area contributed by atoms with E-state index in [4.69, 9.17) is 0 Å². The van der Waals surface area contributed by atoms with Gasteiger partial charge < -0.3 is 4.90 Å². The number of rotatable bonds is 5. The first-order valence-corrected chi connectivity index (χ1v) is 9.10. The summed E-state index contributed by atoms with van der Waals surface area (Å²) in [7, 11) is 3.65. The van der Waals surface area contributed by atoms with Gasteiger partial charge in [0, 0.05) is 31.9 Å². The van der Waals surface area contributed by atoms with Gasteiger partial charge in [0.2, 0.25) is 5.91 Å². The molecule has 122 valence electrons. The molecule has 2 heterocycles. The van der Waals surface area contributed by atoms with Crippen molar-refractivity contribution in [3.05, 3.63) is 57.8 Å². The quantitative estimate of drug-likeness (QED) is 0.838. The highest BCUT2D eigenvalue weighted by atomic mass is 32.1. The highest BCUT2D eigenvalue weighted by molar-refractivity contribution is 7.10. The number of fused-ring (bicyclic) bond motifs is 1. The molecule has 1 aromatic heterocycles. The molecule has 3 nitrogen and oxygen atoms in total. The van der Waals surface area contributed by atoms with E-state index >= 15 is 0 Å². The summed E-state index contributed by atoms with van der Waals surface area (Å²) in [4.78, 5) is 17.5. The number of benzene rings is 1. The zero-order valence-corrected chi connectivity index (χ0v) is 14.7. The van der Waals surface area contributed by atoms with Crippen LogP contribution in [-0.4, -0.2) is 42.9 Å². The summed E-state index contributed by atoms with van der Waals surface area (Å²) < 4.78 is 0. The highest BCUT2D eigenvalue weighted by Gasteiger charge is 2.29. The second-order valence-corrected chi connectivity index (χ2v) is 7.29. The lowest BCUT2D eigenvalue weighted by Gasteiger charge is -2.36. The maximum atomic E-state index is 11.8. The molecule has 1 aliphatic heterocycles. The number of amides is 1. The minimum atomic E-state index is 0.217. The van der Waals surface area contributed by atoms with Crippen molar-refractivity contribution in [1.29, 1.82) is 0 Å². The third kappa shape index (κ3) is 3.65. The van der Waals surface area contributed by atoms with E-state index in [1.54, 1.807) is 4.90 Å². The van der Waals surface area contributed by atoms with Crippen molar-refractivity contribution < 1.29 is 4.79 Å². The molecule has 0 saturated carbocycles. The van der Waals surface area contributed by atoms with E-state index in [1.807, 2.05) is 25.4 Å². The first-order chi connectivity index (χ1) is 11.2. The van der Waals surface area contributed by atoms with E-state index in [0.29, 0.717) is 12.5 Å². The summed E-state index contributed by atoms with van der Waals surface area (Å²) in [6.07, 6.45) is 2.67. The molecule has 1 aliphatic rings. The minimum Gasteiger partial charge on any atom is -0.349 e. The van der Waals surface area contributed by atoms with Gasteiger partial charge in [-0.05, 0) is 42.0 Å². The van der Waals surface area contributed by atoms with Gasteiger partial charge in [-0.15, -0.1) is 11.3 Å². The molecule has 0 aliphatic carbocycles. The van der Waals surface area contributed by atoms with E-state index in [1.165, 1.54) is 16.0 Å². The molecule has 0 N–H and O–H groups in total. The molecule has 1 unspecified atom stereocenters. The summed E-state index contributed by atoms with van der Waals surface area (Å²) in [5, 5.41) is 2.21. The normalized spacial score (nSPS) is 17.7. The number of carbonyl (C=O) groups is 1. The molecule has 0 spiro atoms. The lowest BCUT2D eigenvalue weighted by molar-refractivity contribution is -0.128. The van der Waals surface area contributed by atoms with Crippen molar-refractivity contribution in [2.45, 2.75) is 25.3 Å². The Morgan fingerprint density at radius 3 is 2.78 bits per heavy atom. The van der Waals surface area contributed by atoms with Gasteiger partial charge in [-0.25, -0.2) is 0 Å². The average molecular weight is 328 g/mol. The number of hydrogen-bond acceptors (Lipinski definition) is 3. The molecular weight excluding hydrogens is 304 g/mol. The number of carbonyl (C=O) groups excluding carboxylic acids is 1. The van der Waals surface area contributed by atoms with Gasteiger partial charge in [-0.2, -0.15) is 0 Å². The van der Waals surface area contributed by atoms with Crippen LogP contribution in [0.4, 0.5) is 0 Å². The minimum absolute atomic E-state index is 0.217. The van der Waals surface area contributed by atoms with Crippen molar-refractivity contribution in [3.8, 4) is 0 Å². The van der Waals surface area contributed by atoms with Crippen LogP contribution in [0.2, 0.25) is 0 Å². The molecule has 0 saturated heterocycles. The molecule has 2 aromatic rings. The summed E-state index contributed by atoms with van der Waals surface area (Å²) in [6.45, 7) is 2.04. The van der Waals surface area contributed by atoms with E-state index in [9.17, 15) is 4.79 Å². The predicted octanol–water partition coefficient (Wildman–Crippen LogP) is 3.56. The van der Waals surface area contributed by atoms with Crippen LogP contribution in [0.5, 0.6) is 0 Å². The summed E-state index contributed by atoms with van der Waals surface area (Å²) >= 11 is 1.87. The average Bonchev–Trinajstić information content (AvgIpc) is 3.03. The smallest absolute Gasteiger partial charge is 0.222 e. The largest absolute Gasteiger partial charge is 0.349 e. The van der Waals surface area contributed by atoms with Crippen molar-refractivity contribution in [1.82, 2.24) is 9.80 Å². The zero-order valence-electron chi connectivity index (χ0n) is 13.9. The Labute approximate surface area is 142 Å². The van der Waals surface area contributed by atoms with Crippen LogP contribution in [0.25, 0.3) is 0 Å². The van der Waals surface area contributed by atoms with Gasteiger partial charge in [0.1, 0.15) is 0 Å². The summed E-state index contributed by atoms with van der Waals surface area (Å²) in [5.41, 5.74) is 2.80. The van der Waals surface area contributed by atoms with Crippen molar-refractivity contribution in [3.63, 3.8) is 0 Å². The molecule has 4 heteroatoms. The third-order valence-electron chi connectivity index (χ3n) is 4.52. The molecule has 0 fully saturated rings. The fourth-order valence-corrected chi connectivity index (χ4v) is 4.20. The molecule has 1 aromatic carbocycles. The van der Waals surface area contributed by atoms with Crippen LogP contribution in [-0.2, 0) is 11.2 Å². The maximum Gasteiger partial charge on any atom is 0.222 e. The molecule has 23 heavy (non-hydrogen) atoms. The van der Waals surface area contributed by atoms with E-state index < -0.39 is 0 Å². The Bertz CT molecular complexity index is 650. The van der Waals surface area contributed by atoms with Crippen LogP contribution in [0.1, 0.15) is 34.9 Å². The Kier molecular flexibility index (Phi) is 5.13. The van der Waals surface area contributed by atoms with Gasteiger partial charge in [0.15, 0.2) is 0 Å². The lowest BCUT2D eigenvalue weighted by atomic mass is 9.93. The number of hydrogen-bond donors (Lipinski definition) is 0. The van der Waals surface area contributed by atoms with Gasteiger partial charge in [-0.1, -0.05) is 30.3 Å². The third-order valence-corrected chi connectivity index (χ3v) is 5.51. The standard InChI is InChI=1S/C19H24N2OS/c1-20(2)18(22)9-6-12-21-13-10-17-16(11-14-23-17)19(21)15-7-4-3-5-8-15/h3-5,7-8,11,14,19H,6,9-10,12-13H2,1-2H3. The maximum absolute atomic E-state index is 11.8. The summed E-state index contributed by atoms with van der Waals surface area (Å²) in [6, 6.07) is 13.3. The molecule has 1 amide bonds. The topological polar surface area (TPSA) is 23.6 Å². The van der Waals surface area contributed by atoms with E-state index in [0.717, 1.165) is 25.9 Å². The van der Waals surface area contributed by atoms with Crippen LogP contribution in [0.15, 0.2) is 41.8 Å². The molecule has 3 rings (SSSR count). The van der Waals surface area contributed by atoms with Crippen LogP contribution in [0.3, 0.4) is 0 Å². The second kappa shape index (κ2) is 7.28. The first-order valence-electron chi connectivity index (χ1n) is 8.22. The Balaban J connectivity index is 1.75. The SMILES string of the molecule is CN(C)C(=O)CCCN1CCc2sccc2C1c1ccccc1. The fourth-order valence-electron chi connectivity index (χ4n) is 3.29. The number of nitrogens with zero attached hydrogens (tertiary/aromatic N) is 2. The Morgan fingerprint density at radius 2 is 2.04 bits per heavy atom. The first kappa shape index (κ1) is 16.2. The monoisotopic (exact) mass is 328 g/mol. The van der Waals surface area contributed by atoms with Crippen LogP contribution >= 0.6 is 11.3 Å². The van der Waals surface area contributed by atoms with Crippen molar-refractivity contribution >= 4 is 17.2 Å². The van der Waals surface area contributed by atoms with Crippen LogP contribution < -0.4 is 0 Å². The van der Waals surface area contributed by atoms with Gasteiger partial charge in [-0.3, -0.25) is 9.69 Å². The van der Waals surface area contributed by atoms with Crippen LogP contribution in [0, 0.1) is 0 Å². The fraction of sp³-hybridized carbons (Fsp3) is 0.421. The molecule has 0 radical (unpaired) electrons. The predicted molar refractivity (Wildman–Crippen MR) is 95.8 cm³/mol. The highest BCUT2D eigenvalue weighted by Crippen LogP contribution is 2.37. The second-order valence-electron chi connectivity index (χ2n) is 6.29. The number of thiophene rings is 1. The van der Waals surface area contributed by atoms with Gasteiger partial charge in [0.05, 0.1) is 6.04 Å². The summed E-state index contributed by atoms with van der Waals surface area (Å²) in [5.74, 6) is 0.217. The van der Waals surface area contributed by atoms with E-state index in [-0.39, 0.29) is 5.91 Å². The van der Waals surface area contributed by atoms with Crippen molar-refractivity contribution in [2.75, 3.05) is 27.2 Å².